The molecule has 1 aliphatic carbocycles. The number of rotatable bonds is 6. The number of carbonyl (C=O) groups is 1. The molecule has 1 saturated heterocycles. The van der Waals surface area contributed by atoms with E-state index in [1.807, 2.05) is 0 Å². The number of halogens is 5. The summed E-state index contributed by atoms with van der Waals surface area (Å²) in [4.78, 5) is 22.2. The summed E-state index contributed by atoms with van der Waals surface area (Å²) in [6.07, 6.45) is -0.177. The van der Waals surface area contributed by atoms with Gasteiger partial charge in [0.15, 0.2) is 0 Å². The summed E-state index contributed by atoms with van der Waals surface area (Å²) in [6.45, 7) is 0.621. The second-order valence-electron chi connectivity index (χ2n) is 9.55. The highest BCUT2D eigenvalue weighted by Gasteiger charge is 2.33. The number of hydrogen-bond acceptors (Lipinski definition) is 4. The normalized spacial score (nSPS) is 18.7. The third kappa shape index (κ3) is 5.41. The van der Waals surface area contributed by atoms with Gasteiger partial charge in [-0.25, -0.2) is 13.8 Å². The van der Waals surface area contributed by atoms with Gasteiger partial charge in [-0.3, -0.25) is 4.79 Å². The lowest BCUT2D eigenvalue weighted by Crippen LogP contribution is -2.38. The zero-order valence-corrected chi connectivity index (χ0v) is 20.0. The Morgan fingerprint density at radius 1 is 1.16 bits per heavy atom. The number of pyridine rings is 1. The minimum absolute atomic E-state index is 0.115. The lowest BCUT2D eigenvalue weighted by atomic mass is 9.84. The minimum Gasteiger partial charge on any atom is -0.406 e. The van der Waals surface area contributed by atoms with Crippen LogP contribution in [-0.4, -0.2) is 59.5 Å². The Morgan fingerprint density at radius 2 is 1.89 bits per heavy atom. The molecule has 0 saturated carbocycles. The van der Waals surface area contributed by atoms with E-state index < -0.39 is 18.8 Å². The van der Waals surface area contributed by atoms with Crippen molar-refractivity contribution in [3.05, 3.63) is 58.7 Å². The summed E-state index contributed by atoms with van der Waals surface area (Å²) in [5.74, 6) is -1.18. The van der Waals surface area contributed by atoms with Gasteiger partial charge in [0.1, 0.15) is 23.9 Å². The molecule has 1 atom stereocenters. The fourth-order valence-corrected chi connectivity index (χ4v) is 5.56. The van der Waals surface area contributed by atoms with E-state index in [4.69, 9.17) is 0 Å². The van der Waals surface area contributed by atoms with Crippen LogP contribution in [0.2, 0.25) is 0 Å². The van der Waals surface area contributed by atoms with Crippen molar-refractivity contribution in [1.29, 1.82) is 0 Å². The molecule has 0 spiro atoms. The number of likely N-dealkylation sites (tertiary alicyclic amines) is 1. The predicted molar refractivity (Wildman–Crippen MR) is 127 cm³/mol. The van der Waals surface area contributed by atoms with Crippen LogP contribution in [0.25, 0.3) is 11.0 Å². The molecule has 2 N–H and O–H groups in total. The van der Waals surface area contributed by atoms with Gasteiger partial charge in [-0.2, -0.15) is 0 Å². The molecule has 11 heteroatoms. The molecule has 5 rings (SSSR count). The number of amides is 1. The van der Waals surface area contributed by atoms with Crippen molar-refractivity contribution in [2.24, 2.45) is 0 Å². The second-order valence-corrected chi connectivity index (χ2v) is 9.55. The molecular weight excluding hydrogens is 495 g/mol. The number of nitrogens with zero attached hydrogens (tertiary/aromatic N) is 2. The summed E-state index contributed by atoms with van der Waals surface area (Å²) in [6, 6.07) is 4.95. The lowest BCUT2D eigenvalue weighted by molar-refractivity contribution is -0.274. The number of hydrogen-bond donors (Lipinski definition) is 2. The van der Waals surface area contributed by atoms with Crippen LogP contribution in [0.1, 0.15) is 52.4 Å². The zero-order valence-electron chi connectivity index (χ0n) is 20.0. The molecule has 2 aromatic heterocycles. The van der Waals surface area contributed by atoms with E-state index in [0.717, 1.165) is 41.6 Å². The van der Waals surface area contributed by atoms with Gasteiger partial charge in [0.05, 0.1) is 6.20 Å². The molecule has 1 fully saturated rings. The Hall–Kier alpha value is -3.21. The molecule has 2 aliphatic rings. The maximum Gasteiger partial charge on any atom is 0.573 e. The Labute approximate surface area is 210 Å². The highest BCUT2D eigenvalue weighted by Crippen LogP contribution is 2.39. The highest BCUT2D eigenvalue weighted by molar-refractivity contribution is 5.94. The number of alkyl halides is 4. The third-order valence-electron chi connectivity index (χ3n) is 7.25. The van der Waals surface area contributed by atoms with Gasteiger partial charge >= 0.3 is 6.36 Å². The first kappa shape index (κ1) is 25.4. The van der Waals surface area contributed by atoms with Gasteiger partial charge < -0.3 is 19.9 Å². The lowest BCUT2D eigenvalue weighted by Gasteiger charge is -2.33. The molecule has 1 unspecified atom stereocenters. The van der Waals surface area contributed by atoms with Crippen LogP contribution >= 0.6 is 0 Å². The first-order chi connectivity index (χ1) is 17.7. The fraction of sp³-hybridized carbons (Fsp3) is 0.462. The van der Waals surface area contributed by atoms with E-state index >= 15 is 4.39 Å². The van der Waals surface area contributed by atoms with Gasteiger partial charge in [0.2, 0.25) is 0 Å². The standard InChI is InChI=1S/C26H27F5N4O2/c27-9-10-32-17-3-6-21-19(13-17)23-22(20(28)14-33-24(23)34-21)15-7-11-35(12-8-15)25(36)16-1-4-18(5-2-16)37-26(29,30)31/h1-2,4-5,14-15,17,32H,3,6-13H2,(H,33,34). The average molecular weight is 523 g/mol. The van der Waals surface area contributed by atoms with E-state index in [1.165, 1.54) is 18.3 Å². The van der Waals surface area contributed by atoms with E-state index in [9.17, 15) is 22.4 Å². The van der Waals surface area contributed by atoms with Gasteiger partial charge in [-0.1, -0.05) is 0 Å². The van der Waals surface area contributed by atoms with Crippen LogP contribution in [0, 0.1) is 5.82 Å². The monoisotopic (exact) mass is 522 g/mol. The van der Waals surface area contributed by atoms with Gasteiger partial charge in [-0.05, 0) is 67.9 Å². The number of aryl methyl sites for hydroxylation is 1. The topological polar surface area (TPSA) is 70.2 Å². The van der Waals surface area contributed by atoms with Crippen molar-refractivity contribution in [2.45, 2.75) is 50.4 Å². The van der Waals surface area contributed by atoms with Crippen molar-refractivity contribution in [1.82, 2.24) is 20.2 Å². The highest BCUT2D eigenvalue weighted by atomic mass is 19.4. The van der Waals surface area contributed by atoms with Crippen molar-refractivity contribution in [3.8, 4) is 5.75 Å². The number of fused-ring (bicyclic) bond motifs is 3. The van der Waals surface area contributed by atoms with Gasteiger partial charge in [-0.15, -0.1) is 13.2 Å². The number of benzene rings is 1. The molecule has 1 aliphatic heterocycles. The Kier molecular flexibility index (Phi) is 7.06. The molecule has 0 bridgehead atoms. The molecule has 198 valence electrons. The van der Waals surface area contributed by atoms with Crippen molar-refractivity contribution in [2.75, 3.05) is 26.3 Å². The number of nitrogens with one attached hydrogen (secondary N) is 2. The summed E-state index contributed by atoms with van der Waals surface area (Å²) < 4.78 is 68.9. The first-order valence-electron chi connectivity index (χ1n) is 12.4. The first-order valence-corrected chi connectivity index (χ1v) is 12.4. The van der Waals surface area contributed by atoms with Crippen LogP contribution in [0.3, 0.4) is 0 Å². The maximum absolute atomic E-state index is 15.2. The molecule has 1 aromatic carbocycles. The van der Waals surface area contributed by atoms with E-state index in [0.29, 0.717) is 43.6 Å². The van der Waals surface area contributed by atoms with E-state index in [2.05, 4.69) is 20.0 Å². The van der Waals surface area contributed by atoms with Crippen molar-refractivity contribution >= 4 is 16.9 Å². The largest absolute Gasteiger partial charge is 0.573 e. The molecule has 6 nitrogen and oxygen atoms in total. The number of aromatic nitrogens is 2. The quantitative estimate of drug-likeness (QED) is 0.446. The molecule has 3 heterocycles. The van der Waals surface area contributed by atoms with Crippen molar-refractivity contribution < 1.29 is 31.5 Å². The average Bonchev–Trinajstić information content (AvgIpc) is 3.24. The maximum atomic E-state index is 15.2. The molecule has 0 radical (unpaired) electrons. The molecule has 1 amide bonds. The summed E-state index contributed by atoms with van der Waals surface area (Å²) in [7, 11) is 0. The number of ether oxygens (including phenoxy) is 1. The zero-order chi connectivity index (χ0) is 26.2. The van der Waals surface area contributed by atoms with Crippen LogP contribution in [0.4, 0.5) is 22.0 Å². The Balaban J connectivity index is 1.31. The summed E-state index contributed by atoms with van der Waals surface area (Å²) in [5.41, 5.74) is 3.58. The van der Waals surface area contributed by atoms with Crippen LogP contribution in [0.5, 0.6) is 5.75 Å². The second kappa shape index (κ2) is 10.3. The Bertz CT molecular complexity index is 1270. The molecule has 3 aromatic rings. The van der Waals surface area contributed by atoms with Crippen molar-refractivity contribution in [3.63, 3.8) is 0 Å². The number of H-pyrrole nitrogens is 1. The Morgan fingerprint density at radius 3 is 2.57 bits per heavy atom. The number of aromatic amines is 1. The number of piperidine rings is 1. The SMILES string of the molecule is O=C(c1ccc(OC(F)(F)F)cc1)N1CCC(c2c(F)cnc3[nH]c4c(c23)CC(NCCF)CC4)CC1. The number of carbonyl (C=O) groups excluding carboxylic acids is 1. The van der Waals surface area contributed by atoms with E-state index in [1.54, 1.807) is 4.90 Å². The third-order valence-corrected chi connectivity index (χ3v) is 7.25. The van der Waals surface area contributed by atoms with Crippen LogP contribution in [0.15, 0.2) is 30.5 Å². The van der Waals surface area contributed by atoms with Gasteiger partial charge in [0, 0.05) is 47.9 Å². The van der Waals surface area contributed by atoms with E-state index in [-0.39, 0.29) is 35.8 Å². The van der Waals surface area contributed by atoms with Gasteiger partial charge in [0.25, 0.3) is 5.91 Å². The predicted octanol–water partition coefficient (Wildman–Crippen LogP) is 5.04. The summed E-state index contributed by atoms with van der Waals surface area (Å²) >= 11 is 0. The van der Waals surface area contributed by atoms with Crippen LogP contribution < -0.4 is 10.1 Å². The van der Waals surface area contributed by atoms with Crippen LogP contribution in [-0.2, 0) is 12.8 Å². The fourth-order valence-electron chi connectivity index (χ4n) is 5.56. The smallest absolute Gasteiger partial charge is 0.406 e. The molecule has 37 heavy (non-hydrogen) atoms. The summed E-state index contributed by atoms with van der Waals surface area (Å²) in [5, 5.41) is 4.02. The minimum atomic E-state index is -4.80. The molecular formula is C26H27F5N4O2.